The summed E-state index contributed by atoms with van der Waals surface area (Å²) in [5, 5.41) is 0. The van der Waals surface area contributed by atoms with Gasteiger partial charge in [0, 0.05) is 0 Å². The maximum atomic E-state index is 4.43. The molecule has 0 amide bonds. The zero-order valence-electron chi connectivity index (χ0n) is 18.6. The number of allylic oxidation sites excluding steroid dienone is 8. The minimum absolute atomic E-state index is 0.617. The smallest absolute Gasteiger partial charge is 0.00953 e. The first-order chi connectivity index (χ1) is 13.0. The molecule has 0 radical (unpaired) electrons. The predicted molar refractivity (Wildman–Crippen MR) is 124 cm³/mol. The molecule has 27 heavy (non-hydrogen) atoms. The Morgan fingerprint density at radius 3 is 2.67 bits per heavy atom. The average Bonchev–Trinajstić information content (AvgIpc) is 2.93. The number of unbranched alkanes of at least 4 members (excludes halogenated alkanes) is 2. The highest BCUT2D eigenvalue weighted by Crippen LogP contribution is 2.39. The van der Waals surface area contributed by atoms with Crippen LogP contribution in [0.2, 0.25) is 0 Å². The van der Waals surface area contributed by atoms with Crippen molar-refractivity contribution >= 4 is 0 Å². The van der Waals surface area contributed by atoms with Crippen molar-refractivity contribution in [3.05, 3.63) is 60.3 Å². The van der Waals surface area contributed by atoms with Gasteiger partial charge in [0.15, 0.2) is 0 Å². The van der Waals surface area contributed by atoms with Gasteiger partial charge in [-0.25, -0.2) is 0 Å². The van der Waals surface area contributed by atoms with Gasteiger partial charge in [0.05, 0.1) is 0 Å². The SMILES string of the molecule is C=CC=CCCC1C(=C)C(CC=C(C)CCC(CC)CCCCC)=CC1C. The lowest BCUT2D eigenvalue weighted by Gasteiger charge is -2.17. The molecule has 0 spiro atoms. The van der Waals surface area contributed by atoms with E-state index < -0.39 is 0 Å². The Morgan fingerprint density at radius 1 is 1.22 bits per heavy atom. The number of hydrogen-bond acceptors (Lipinski definition) is 0. The van der Waals surface area contributed by atoms with Gasteiger partial charge in [-0.1, -0.05) is 102 Å². The van der Waals surface area contributed by atoms with Gasteiger partial charge in [0.25, 0.3) is 0 Å². The molecule has 1 rings (SSSR count). The van der Waals surface area contributed by atoms with Crippen LogP contribution in [0.4, 0.5) is 0 Å². The van der Waals surface area contributed by atoms with Gasteiger partial charge in [-0.15, -0.1) is 0 Å². The van der Waals surface area contributed by atoms with Crippen LogP contribution in [0, 0.1) is 17.8 Å². The van der Waals surface area contributed by atoms with Gasteiger partial charge < -0.3 is 0 Å². The van der Waals surface area contributed by atoms with Crippen molar-refractivity contribution in [1.29, 1.82) is 0 Å². The number of hydrogen-bond donors (Lipinski definition) is 0. The highest BCUT2D eigenvalue weighted by atomic mass is 14.3. The van der Waals surface area contributed by atoms with E-state index in [0.717, 1.165) is 18.8 Å². The standard InChI is InChI=1S/C27H44/c1-7-10-12-14-16-27-23(5)21-26(24(27)6)20-18-22(4)17-19-25(9-3)15-13-11-8-2/h7,10,12,18,21,23,25,27H,1,6,8-9,11,13-17,19-20H2,2-5H3. The third kappa shape index (κ3) is 8.96. The third-order valence-electron chi connectivity index (χ3n) is 6.29. The van der Waals surface area contributed by atoms with Crippen LogP contribution in [0.5, 0.6) is 0 Å². The van der Waals surface area contributed by atoms with Crippen molar-refractivity contribution < 1.29 is 0 Å². The molecule has 152 valence electrons. The minimum Gasteiger partial charge on any atom is -0.0991 e. The fourth-order valence-electron chi connectivity index (χ4n) is 4.25. The fraction of sp³-hybridized carbons (Fsp3) is 0.630. The van der Waals surface area contributed by atoms with Gasteiger partial charge in [-0.05, 0) is 67.9 Å². The maximum absolute atomic E-state index is 4.43. The van der Waals surface area contributed by atoms with Crippen molar-refractivity contribution in [3.63, 3.8) is 0 Å². The molecule has 0 aliphatic heterocycles. The van der Waals surface area contributed by atoms with Crippen LogP contribution in [0.3, 0.4) is 0 Å². The predicted octanol–water partition coefficient (Wildman–Crippen LogP) is 8.98. The third-order valence-corrected chi connectivity index (χ3v) is 6.29. The molecule has 0 aromatic heterocycles. The minimum atomic E-state index is 0.617. The van der Waals surface area contributed by atoms with Crippen molar-refractivity contribution in [2.24, 2.45) is 17.8 Å². The van der Waals surface area contributed by atoms with Gasteiger partial charge in [-0.3, -0.25) is 0 Å². The fourth-order valence-corrected chi connectivity index (χ4v) is 4.25. The first-order valence-electron chi connectivity index (χ1n) is 11.4. The van der Waals surface area contributed by atoms with E-state index in [4.69, 9.17) is 0 Å². The van der Waals surface area contributed by atoms with Crippen LogP contribution in [0.25, 0.3) is 0 Å². The second-order valence-corrected chi connectivity index (χ2v) is 8.49. The topological polar surface area (TPSA) is 0 Å². The van der Waals surface area contributed by atoms with Crippen molar-refractivity contribution in [2.75, 3.05) is 0 Å². The van der Waals surface area contributed by atoms with Crippen molar-refractivity contribution in [1.82, 2.24) is 0 Å². The molecular formula is C27H44. The van der Waals surface area contributed by atoms with E-state index >= 15 is 0 Å². The summed E-state index contributed by atoms with van der Waals surface area (Å²) in [4.78, 5) is 0. The number of rotatable bonds is 14. The molecule has 0 bridgehead atoms. The van der Waals surface area contributed by atoms with Crippen LogP contribution in [0.1, 0.15) is 91.9 Å². The van der Waals surface area contributed by atoms with E-state index in [2.05, 4.69) is 65.2 Å². The van der Waals surface area contributed by atoms with E-state index in [1.54, 1.807) is 5.57 Å². The van der Waals surface area contributed by atoms with E-state index in [-0.39, 0.29) is 0 Å². The molecule has 0 heteroatoms. The van der Waals surface area contributed by atoms with Crippen LogP contribution in [-0.2, 0) is 0 Å². The van der Waals surface area contributed by atoms with Gasteiger partial charge in [0.2, 0.25) is 0 Å². The van der Waals surface area contributed by atoms with E-state index in [9.17, 15) is 0 Å². The van der Waals surface area contributed by atoms with E-state index in [1.807, 2.05) is 6.08 Å². The van der Waals surface area contributed by atoms with E-state index in [0.29, 0.717) is 11.8 Å². The molecule has 1 aliphatic carbocycles. The lowest BCUT2D eigenvalue weighted by atomic mass is 9.88. The molecule has 0 saturated carbocycles. The Bertz CT molecular complexity index is 528. The Kier molecular flexibility index (Phi) is 12.1. The normalized spacial score (nSPS) is 21.7. The second-order valence-electron chi connectivity index (χ2n) is 8.49. The van der Waals surface area contributed by atoms with Gasteiger partial charge in [0.1, 0.15) is 0 Å². The first-order valence-corrected chi connectivity index (χ1v) is 11.4. The summed E-state index contributed by atoms with van der Waals surface area (Å²) in [6.07, 6.45) is 23.9. The molecule has 0 saturated heterocycles. The summed E-state index contributed by atoms with van der Waals surface area (Å²) in [7, 11) is 0. The van der Waals surface area contributed by atoms with Crippen LogP contribution in [-0.4, -0.2) is 0 Å². The highest BCUT2D eigenvalue weighted by molar-refractivity contribution is 5.39. The Hall–Kier alpha value is -1.30. The summed E-state index contributed by atoms with van der Waals surface area (Å²) in [5.74, 6) is 2.15. The summed E-state index contributed by atoms with van der Waals surface area (Å²) < 4.78 is 0. The molecular weight excluding hydrogens is 324 g/mol. The molecule has 1 aliphatic rings. The lowest BCUT2D eigenvalue weighted by Crippen LogP contribution is -2.06. The zero-order valence-corrected chi connectivity index (χ0v) is 18.6. The van der Waals surface area contributed by atoms with Crippen LogP contribution in [0.15, 0.2) is 60.3 Å². The monoisotopic (exact) mass is 368 g/mol. The lowest BCUT2D eigenvalue weighted by molar-refractivity contribution is 0.416. The molecule has 0 heterocycles. The van der Waals surface area contributed by atoms with Crippen molar-refractivity contribution in [3.8, 4) is 0 Å². The quantitative estimate of drug-likeness (QED) is 0.163. The Labute approximate surface area is 170 Å². The molecule has 3 atom stereocenters. The summed E-state index contributed by atoms with van der Waals surface area (Å²) in [5.41, 5.74) is 4.42. The Balaban J connectivity index is 2.43. The second kappa shape index (κ2) is 13.8. The summed E-state index contributed by atoms with van der Waals surface area (Å²) >= 11 is 0. The molecule has 3 unspecified atom stereocenters. The van der Waals surface area contributed by atoms with Gasteiger partial charge in [-0.2, -0.15) is 0 Å². The summed E-state index contributed by atoms with van der Waals surface area (Å²) in [6.45, 7) is 17.5. The molecule has 0 fully saturated rings. The first kappa shape index (κ1) is 23.7. The van der Waals surface area contributed by atoms with Crippen molar-refractivity contribution in [2.45, 2.75) is 91.9 Å². The van der Waals surface area contributed by atoms with Gasteiger partial charge >= 0.3 is 0 Å². The molecule has 0 N–H and O–H groups in total. The maximum Gasteiger partial charge on any atom is -0.00953 e. The summed E-state index contributed by atoms with van der Waals surface area (Å²) in [6, 6.07) is 0. The van der Waals surface area contributed by atoms with E-state index in [1.165, 1.54) is 62.5 Å². The highest BCUT2D eigenvalue weighted by Gasteiger charge is 2.26. The molecule has 0 aromatic rings. The Morgan fingerprint density at radius 2 is 2.00 bits per heavy atom. The largest absolute Gasteiger partial charge is 0.0991 e. The zero-order chi connectivity index (χ0) is 20.1. The molecule has 0 nitrogen and oxygen atoms in total. The van der Waals surface area contributed by atoms with Crippen LogP contribution >= 0.6 is 0 Å². The average molecular weight is 369 g/mol. The molecule has 0 aromatic carbocycles. The van der Waals surface area contributed by atoms with Crippen LogP contribution < -0.4 is 0 Å².